The van der Waals surface area contributed by atoms with Crippen LogP contribution in [0.15, 0.2) is 16.9 Å². The predicted octanol–water partition coefficient (Wildman–Crippen LogP) is 1.27. The molecule has 1 aromatic rings. The van der Waals surface area contributed by atoms with E-state index in [4.69, 9.17) is 5.73 Å². The standard InChI is InChI=1S/C8H10BrN3/c9-6-4-11-7(12-5-6)3-8(10)1-2-8/h4-5H,1-3,10H2. The summed E-state index contributed by atoms with van der Waals surface area (Å²) >= 11 is 3.28. The first-order valence-electron chi connectivity index (χ1n) is 3.93. The Hall–Kier alpha value is -0.480. The molecule has 1 heterocycles. The predicted molar refractivity (Wildman–Crippen MR) is 49.6 cm³/mol. The van der Waals surface area contributed by atoms with E-state index in [0.29, 0.717) is 0 Å². The van der Waals surface area contributed by atoms with Gasteiger partial charge in [-0.3, -0.25) is 0 Å². The van der Waals surface area contributed by atoms with Crippen molar-refractivity contribution in [3.05, 3.63) is 22.7 Å². The van der Waals surface area contributed by atoms with Crippen molar-refractivity contribution >= 4 is 15.9 Å². The lowest BCUT2D eigenvalue weighted by Crippen LogP contribution is -2.25. The molecule has 1 fully saturated rings. The molecule has 4 heteroatoms. The Morgan fingerprint density at radius 2 is 2.00 bits per heavy atom. The third kappa shape index (κ3) is 1.81. The van der Waals surface area contributed by atoms with Gasteiger partial charge in [-0.15, -0.1) is 0 Å². The molecule has 0 spiro atoms. The van der Waals surface area contributed by atoms with Crippen molar-refractivity contribution in [3.63, 3.8) is 0 Å². The van der Waals surface area contributed by atoms with Crippen molar-refractivity contribution in [2.45, 2.75) is 24.8 Å². The van der Waals surface area contributed by atoms with E-state index in [1.807, 2.05) is 0 Å². The molecule has 1 saturated carbocycles. The molecular weight excluding hydrogens is 218 g/mol. The molecule has 12 heavy (non-hydrogen) atoms. The molecule has 0 atom stereocenters. The maximum atomic E-state index is 5.92. The Bertz CT molecular complexity index is 279. The van der Waals surface area contributed by atoms with E-state index >= 15 is 0 Å². The van der Waals surface area contributed by atoms with E-state index in [0.717, 1.165) is 29.6 Å². The highest BCUT2D eigenvalue weighted by atomic mass is 79.9. The van der Waals surface area contributed by atoms with Crippen molar-refractivity contribution in [2.75, 3.05) is 0 Å². The average molecular weight is 228 g/mol. The maximum Gasteiger partial charge on any atom is 0.130 e. The van der Waals surface area contributed by atoms with Gasteiger partial charge < -0.3 is 5.73 Å². The van der Waals surface area contributed by atoms with E-state index < -0.39 is 0 Å². The fraction of sp³-hybridized carbons (Fsp3) is 0.500. The number of nitrogens with zero attached hydrogens (tertiary/aromatic N) is 2. The number of nitrogens with two attached hydrogens (primary N) is 1. The summed E-state index contributed by atoms with van der Waals surface area (Å²) in [6, 6.07) is 0. The van der Waals surface area contributed by atoms with Gasteiger partial charge in [-0.2, -0.15) is 0 Å². The van der Waals surface area contributed by atoms with E-state index in [1.54, 1.807) is 12.4 Å². The van der Waals surface area contributed by atoms with Crippen LogP contribution in [0, 0.1) is 0 Å². The van der Waals surface area contributed by atoms with Gasteiger partial charge in [-0.1, -0.05) is 0 Å². The van der Waals surface area contributed by atoms with Gasteiger partial charge in [0, 0.05) is 24.4 Å². The second-order valence-corrected chi connectivity index (χ2v) is 4.27. The van der Waals surface area contributed by atoms with Gasteiger partial charge in [0.2, 0.25) is 0 Å². The van der Waals surface area contributed by atoms with E-state index in [9.17, 15) is 0 Å². The van der Waals surface area contributed by atoms with Gasteiger partial charge in [-0.05, 0) is 28.8 Å². The van der Waals surface area contributed by atoms with Crippen LogP contribution in [0.4, 0.5) is 0 Å². The normalized spacial score (nSPS) is 19.2. The maximum absolute atomic E-state index is 5.92. The number of halogens is 1. The van der Waals surface area contributed by atoms with Crippen LogP contribution in [0.2, 0.25) is 0 Å². The number of hydrogen-bond donors (Lipinski definition) is 1. The van der Waals surface area contributed by atoms with Crippen LogP contribution in [-0.2, 0) is 6.42 Å². The van der Waals surface area contributed by atoms with Crippen molar-refractivity contribution in [2.24, 2.45) is 5.73 Å². The molecule has 2 N–H and O–H groups in total. The second-order valence-electron chi connectivity index (χ2n) is 3.36. The van der Waals surface area contributed by atoms with Crippen LogP contribution >= 0.6 is 15.9 Å². The summed E-state index contributed by atoms with van der Waals surface area (Å²) in [6.07, 6.45) is 6.53. The zero-order valence-electron chi connectivity index (χ0n) is 6.63. The number of rotatable bonds is 2. The first kappa shape index (κ1) is 8.13. The lowest BCUT2D eigenvalue weighted by Gasteiger charge is -2.05. The molecule has 1 aromatic heterocycles. The summed E-state index contributed by atoms with van der Waals surface area (Å²) in [6.45, 7) is 0. The Kier molecular flexibility index (Phi) is 1.88. The van der Waals surface area contributed by atoms with Gasteiger partial charge in [0.15, 0.2) is 0 Å². The molecule has 64 valence electrons. The third-order valence-corrected chi connectivity index (χ3v) is 2.49. The van der Waals surface area contributed by atoms with Crippen molar-refractivity contribution in [1.82, 2.24) is 9.97 Å². The molecule has 2 rings (SSSR count). The van der Waals surface area contributed by atoms with Gasteiger partial charge in [0.05, 0.1) is 4.47 Å². The summed E-state index contributed by atoms with van der Waals surface area (Å²) in [5.74, 6) is 0.846. The molecular formula is C8H10BrN3. The molecule has 0 bridgehead atoms. The molecule has 0 aromatic carbocycles. The van der Waals surface area contributed by atoms with Gasteiger partial charge >= 0.3 is 0 Å². The summed E-state index contributed by atoms with van der Waals surface area (Å²) in [5.41, 5.74) is 5.93. The van der Waals surface area contributed by atoms with Crippen molar-refractivity contribution in [1.29, 1.82) is 0 Å². The second kappa shape index (κ2) is 2.78. The minimum atomic E-state index is 0.00777. The Balaban J connectivity index is 2.08. The minimum absolute atomic E-state index is 0.00777. The molecule has 0 aliphatic heterocycles. The summed E-state index contributed by atoms with van der Waals surface area (Å²) in [5, 5.41) is 0. The lowest BCUT2D eigenvalue weighted by atomic mass is 10.2. The van der Waals surface area contributed by atoms with Crippen LogP contribution in [0.25, 0.3) is 0 Å². The Morgan fingerprint density at radius 1 is 1.42 bits per heavy atom. The van der Waals surface area contributed by atoms with E-state index in [1.165, 1.54) is 0 Å². The SMILES string of the molecule is NC1(Cc2ncc(Br)cn2)CC1. The lowest BCUT2D eigenvalue weighted by molar-refractivity contribution is 0.643. The quantitative estimate of drug-likeness (QED) is 0.829. The van der Waals surface area contributed by atoms with Crippen molar-refractivity contribution < 1.29 is 0 Å². The zero-order valence-corrected chi connectivity index (χ0v) is 8.21. The highest BCUT2D eigenvalue weighted by Gasteiger charge is 2.38. The fourth-order valence-electron chi connectivity index (χ4n) is 1.08. The van der Waals surface area contributed by atoms with Gasteiger partial charge in [-0.25, -0.2) is 9.97 Å². The van der Waals surface area contributed by atoms with Crippen LogP contribution in [0.3, 0.4) is 0 Å². The van der Waals surface area contributed by atoms with Crippen LogP contribution < -0.4 is 5.73 Å². The molecule has 3 nitrogen and oxygen atoms in total. The Morgan fingerprint density at radius 3 is 2.50 bits per heavy atom. The summed E-state index contributed by atoms with van der Waals surface area (Å²) < 4.78 is 0.910. The first-order valence-corrected chi connectivity index (χ1v) is 4.73. The van der Waals surface area contributed by atoms with Crippen LogP contribution in [0.1, 0.15) is 18.7 Å². The number of hydrogen-bond acceptors (Lipinski definition) is 3. The summed E-state index contributed by atoms with van der Waals surface area (Å²) in [7, 11) is 0. The number of aromatic nitrogens is 2. The molecule has 1 aliphatic carbocycles. The molecule has 0 unspecified atom stereocenters. The van der Waals surface area contributed by atoms with Crippen molar-refractivity contribution in [3.8, 4) is 0 Å². The molecule has 0 amide bonds. The Labute approximate surface area is 79.5 Å². The van der Waals surface area contributed by atoms with Gasteiger partial charge in [0.1, 0.15) is 5.82 Å². The zero-order chi connectivity index (χ0) is 8.60. The molecule has 0 saturated heterocycles. The molecule has 1 aliphatic rings. The minimum Gasteiger partial charge on any atom is -0.325 e. The average Bonchev–Trinajstić information content (AvgIpc) is 2.74. The largest absolute Gasteiger partial charge is 0.325 e. The highest BCUT2D eigenvalue weighted by molar-refractivity contribution is 9.10. The van der Waals surface area contributed by atoms with Gasteiger partial charge in [0.25, 0.3) is 0 Å². The highest BCUT2D eigenvalue weighted by Crippen LogP contribution is 2.34. The fourth-order valence-corrected chi connectivity index (χ4v) is 1.29. The van der Waals surface area contributed by atoms with E-state index in [-0.39, 0.29) is 5.54 Å². The monoisotopic (exact) mass is 227 g/mol. The summed E-state index contributed by atoms with van der Waals surface area (Å²) in [4.78, 5) is 8.33. The van der Waals surface area contributed by atoms with Crippen LogP contribution in [0.5, 0.6) is 0 Å². The molecule has 0 radical (unpaired) electrons. The topological polar surface area (TPSA) is 51.8 Å². The third-order valence-electron chi connectivity index (χ3n) is 2.08. The smallest absolute Gasteiger partial charge is 0.130 e. The van der Waals surface area contributed by atoms with E-state index in [2.05, 4.69) is 25.9 Å². The van der Waals surface area contributed by atoms with Crippen LogP contribution in [-0.4, -0.2) is 15.5 Å². The first-order chi connectivity index (χ1) is 5.68.